The summed E-state index contributed by atoms with van der Waals surface area (Å²) in [6.45, 7) is 4.85. The number of benzene rings is 2. The van der Waals surface area contributed by atoms with Crippen LogP contribution in [0.2, 0.25) is 10.0 Å². The SMILES string of the molecule is CC(NC(=O)c1cnc2n1[C@](C)(Cc1ccc(C#N)cc1)C(=O)N2c1cc(Cl)cc(Cl)c1)C(=O)N[C@H](C)C(N)=S. The average Bonchev–Trinajstić information content (AvgIpc) is 3.41. The Morgan fingerprint density at radius 2 is 1.75 bits per heavy atom. The van der Waals surface area contributed by atoms with Crippen molar-refractivity contribution in [1.29, 1.82) is 5.26 Å². The summed E-state index contributed by atoms with van der Waals surface area (Å²) in [5, 5.41) is 15.1. The number of nitrogens with zero attached hydrogens (tertiary/aromatic N) is 4. The topological polar surface area (TPSA) is 146 Å². The molecule has 0 radical (unpaired) electrons. The third-order valence-corrected chi connectivity index (χ3v) is 7.39. The van der Waals surface area contributed by atoms with Gasteiger partial charge in [-0.25, -0.2) is 9.88 Å². The molecule has 4 N–H and O–H groups in total. The van der Waals surface area contributed by atoms with Crippen molar-refractivity contribution in [2.45, 2.75) is 44.8 Å². The molecule has 10 nitrogen and oxygen atoms in total. The van der Waals surface area contributed by atoms with E-state index in [0.717, 1.165) is 5.56 Å². The smallest absolute Gasteiger partial charge is 0.270 e. The number of imidazole rings is 1. The van der Waals surface area contributed by atoms with E-state index < -0.39 is 29.4 Å². The van der Waals surface area contributed by atoms with E-state index in [1.165, 1.54) is 18.0 Å². The molecule has 1 unspecified atom stereocenters. The predicted molar refractivity (Wildman–Crippen MR) is 156 cm³/mol. The summed E-state index contributed by atoms with van der Waals surface area (Å²) in [5.41, 5.74) is 5.94. The van der Waals surface area contributed by atoms with Crippen LogP contribution in [0, 0.1) is 11.3 Å². The predicted octanol–water partition coefficient (Wildman–Crippen LogP) is 3.61. The Morgan fingerprint density at radius 1 is 1.12 bits per heavy atom. The fourth-order valence-corrected chi connectivity index (χ4v) is 5.04. The minimum atomic E-state index is -1.31. The Balaban J connectivity index is 1.75. The van der Waals surface area contributed by atoms with Gasteiger partial charge in [0.2, 0.25) is 11.9 Å². The van der Waals surface area contributed by atoms with Crippen molar-refractivity contribution < 1.29 is 14.4 Å². The second-order valence-electron chi connectivity index (χ2n) is 9.63. The Morgan fingerprint density at radius 3 is 2.33 bits per heavy atom. The Labute approximate surface area is 246 Å². The van der Waals surface area contributed by atoms with Gasteiger partial charge in [0.25, 0.3) is 11.8 Å². The molecule has 3 atom stereocenters. The van der Waals surface area contributed by atoms with Crippen LogP contribution in [0.25, 0.3) is 0 Å². The molecule has 0 bridgehead atoms. The third kappa shape index (κ3) is 5.51. The zero-order valence-corrected chi connectivity index (χ0v) is 24.1. The summed E-state index contributed by atoms with van der Waals surface area (Å²) in [6, 6.07) is 12.1. The van der Waals surface area contributed by atoms with Gasteiger partial charge in [-0.3, -0.25) is 19.0 Å². The second kappa shape index (κ2) is 11.3. The summed E-state index contributed by atoms with van der Waals surface area (Å²) < 4.78 is 1.54. The van der Waals surface area contributed by atoms with Crippen molar-refractivity contribution in [3.8, 4) is 6.07 Å². The second-order valence-corrected chi connectivity index (χ2v) is 11.0. The van der Waals surface area contributed by atoms with Crippen molar-refractivity contribution in [2.75, 3.05) is 4.90 Å². The Kier molecular flexibility index (Phi) is 8.16. The summed E-state index contributed by atoms with van der Waals surface area (Å²) in [4.78, 5) is 46.0. The molecule has 0 aliphatic carbocycles. The Bertz CT molecular complexity index is 1550. The number of nitrogens with two attached hydrogens (primary N) is 1. The van der Waals surface area contributed by atoms with Crippen molar-refractivity contribution in [2.24, 2.45) is 5.73 Å². The first-order valence-electron chi connectivity index (χ1n) is 12.1. The van der Waals surface area contributed by atoms with E-state index in [1.54, 1.807) is 60.9 Å². The number of thiocarbonyl (C=S) groups is 1. The molecular weight excluding hydrogens is 573 g/mol. The maximum absolute atomic E-state index is 14.1. The maximum atomic E-state index is 14.1. The molecular formula is C27H25Cl2N7O3S. The van der Waals surface area contributed by atoms with Gasteiger partial charge in [-0.2, -0.15) is 5.26 Å². The van der Waals surface area contributed by atoms with Crippen molar-refractivity contribution in [3.63, 3.8) is 0 Å². The summed E-state index contributed by atoms with van der Waals surface area (Å²) in [7, 11) is 0. The van der Waals surface area contributed by atoms with Crippen LogP contribution < -0.4 is 21.3 Å². The van der Waals surface area contributed by atoms with Crippen LogP contribution in [0.5, 0.6) is 0 Å². The van der Waals surface area contributed by atoms with Crippen molar-refractivity contribution >= 4 is 69.8 Å². The van der Waals surface area contributed by atoms with Crippen LogP contribution in [0.4, 0.5) is 11.6 Å². The van der Waals surface area contributed by atoms with Gasteiger partial charge in [0.05, 0.1) is 34.5 Å². The van der Waals surface area contributed by atoms with E-state index in [2.05, 4.69) is 21.7 Å². The number of anilines is 2. The summed E-state index contributed by atoms with van der Waals surface area (Å²) in [6.07, 6.45) is 1.52. The highest BCUT2D eigenvalue weighted by molar-refractivity contribution is 7.80. The highest BCUT2D eigenvalue weighted by atomic mass is 35.5. The molecule has 4 rings (SSSR count). The quantitative estimate of drug-likeness (QED) is 0.336. The van der Waals surface area contributed by atoms with E-state index in [-0.39, 0.29) is 29.0 Å². The standard InChI is InChI=1S/C27H25Cl2N7O3S/c1-14(22(31)40)33-23(37)15(2)34-24(38)21-13-32-26-35(20-9-18(28)8-19(29)10-20)25(39)27(3,36(21)26)11-16-4-6-17(12-30)7-5-16/h4-10,13-15H,11H2,1-3H3,(H2,31,40)(H,33,37)(H,34,38)/t14-,15?,27-/m1/s1. The first kappa shape index (κ1) is 29.0. The lowest BCUT2D eigenvalue weighted by molar-refractivity contribution is -0.124. The zero-order chi connectivity index (χ0) is 29.4. The maximum Gasteiger partial charge on any atom is 0.270 e. The number of nitriles is 1. The molecule has 1 aliphatic rings. The van der Waals surface area contributed by atoms with Gasteiger partial charge < -0.3 is 16.4 Å². The van der Waals surface area contributed by atoms with Crippen molar-refractivity contribution in [1.82, 2.24) is 20.2 Å². The molecule has 0 spiro atoms. The van der Waals surface area contributed by atoms with Crippen LogP contribution in [-0.4, -0.2) is 44.3 Å². The van der Waals surface area contributed by atoms with Gasteiger partial charge in [0, 0.05) is 16.5 Å². The van der Waals surface area contributed by atoms with Gasteiger partial charge in [-0.1, -0.05) is 47.6 Å². The number of fused-ring (bicyclic) bond motifs is 1. The van der Waals surface area contributed by atoms with Crippen LogP contribution >= 0.6 is 35.4 Å². The number of carbonyl (C=O) groups excluding carboxylic acids is 3. The van der Waals surface area contributed by atoms with Crippen LogP contribution in [0.3, 0.4) is 0 Å². The minimum Gasteiger partial charge on any atom is -0.392 e. The first-order chi connectivity index (χ1) is 18.8. The van der Waals surface area contributed by atoms with E-state index in [1.807, 2.05) is 0 Å². The number of hydrogen-bond acceptors (Lipinski definition) is 6. The number of aromatic nitrogens is 2. The van der Waals surface area contributed by atoms with Crippen LogP contribution in [0.15, 0.2) is 48.7 Å². The number of carbonyl (C=O) groups is 3. The molecule has 40 heavy (non-hydrogen) atoms. The molecule has 0 saturated carbocycles. The van der Waals surface area contributed by atoms with Gasteiger partial charge in [-0.15, -0.1) is 0 Å². The van der Waals surface area contributed by atoms with E-state index >= 15 is 0 Å². The lowest BCUT2D eigenvalue weighted by atomic mass is 9.91. The monoisotopic (exact) mass is 597 g/mol. The van der Waals surface area contributed by atoms with E-state index in [4.69, 9.17) is 46.4 Å². The molecule has 1 aliphatic heterocycles. The molecule has 13 heteroatoms. The van der Waals surface area contributed by atoms with Crippen LogP contribution in [-0.2, 0) is 21.5 Å². The molecule has 3 amide bonds. The molecule has 1 aromatic heterocycles. The van der Waals surface area contributed by atoms with Gasteiger partial charge >= 0.3 is 0 Å². The molecule has 0 fully saturated rings. The lowest BCUT2D eigenvalue weighted by Gasteiger charge is -2.27. The van der Waals surface area contributed by atoms with Crippen LogP contribution in [0.1, 0.15) is 42.4 Å². The van der Waals surface area contributed by atoms with E-state index in [9.17, 15) is 14.4 Å². The third-order valence-electron chi connectivity index (χ3n) is 6.60. The summed E-state index contributed by atoms with van der Waals surface area (Å²) in [5.74, 6) is -1.29. The van der Waals surface area contributed by atoms with Gasteiger partial charge in [0.1, 0.15) is 17.3 Å². The molecule has 0 saturated heterocycles. The summed E-state index contributed by atoms with van der Waals surface area (Å²) >= 11 is 17.4. The highest BCUT2D eigenvalue weighted by Crippen LogP contribution is 2.43. The largest absolute Gasteiger partial charge is 0.392 e. The number of hydrogen-bond donors (Lipinski definition) is 3. The highest BCUT2D eigenvalue weighted by Gasteiger charge is 2.51. The fraction of sp³-hybridized carbons (Fsp3) is 0.259. The fourth-order valence-electron chi connectivity index (χ4n) is 4.47. The number of halogens is 2. The Hall–Kier alpha value is -3.98. The number of amides is 3. The zero-order valence-electron chi connectivity index (χ0n) is 21.7. The minimum absolute atomic E-state index is 0.0668. The molecule has 206 valence electrons. The normalized spacial score (nSPS) is 17.5. The average molecular weight is 599 g/mol. The first-order valence-corrected chi connectivity index (χ1v) is 13.3. The lowest BCUT2D eigenvalue weighted by Crippen LogP contribution is -2.51. The molecule has 3 aromatic rings. The number of nitrogens with one attached hydrogen (secondary N) is 2. The molecule has 2 heterocycles. The molecule has 2 aromatic carbocycles. The van der Waals surface area contributed by atoms with Crippen molar-refractivity contribution in [3.05, 3.63) is 75.5 Å². The van der Waals surface area contributed by atoms with Gasteiger partial charge in [-0.05, 0) is 56.7 Å². The number of rotatable bonds is 8. The van der Waals surface area contributed by atoms with Gasteiger partial charge in [0.15, 0.2) is 0 Å². The van der Waals surface area contributed by atoms with E-state index in [0.29, 0.717) is 21.3 Å².